The number of nitrogens with two attached hydrogens (primary N) is 1. The normalized spacial score (nSPS) is 12.2. The smallest absolute Gasteiger partial charge is 0.326 e. The third-order valence-corrected chi connectivity index (χ3v) is 2.68. The lowest BCUT2D eigenvalue weighted by Crippen LogP contribution is -2.44. The van der Waals surface area contributed by atoms with Crippen LogP contribution < -0.4 is 11.1 Å². The molecule has 0 aliphatic rings. The zero-order chi connectivity index (χ0) is 12.7. The Morgan fingerprint density at radius 1 is 1.38 bits per heavy atom. The maximum absolute atomic E-state index is 11.3. The van der Waals surface area contributed by atoms with Crippen LogP contribution in [0.2, 0.25) is 0 Å². The first kappa shape index (κ1) is 14.8. The fourth-order valence-electron chi connectivity index (χ4n) is 0.880. The van der Waals surface area contributed by atoms with Gasteiger partial charge in [0.2, 0.25) is 11.8 Å². The number of thioether (sulfide) groups is 1. The van der Waals surface area contributed by atoms with Gasteiger partial charge in [0.15, 0.2) is 0 Å². The summed E-state index contributed by atoms with van der Waals surface area (Å²) in [5.41, 5.74) is 4.87. The van der Waals surface area contributed by atoms with Gasteiger partial charge < -0.3 is 16.2 Å². The summed E-state index contributed by atoms with van der Waals surface area (Å²) in [6.07, 6.45) is -0.395. The molecule has 0 bridgehead atoms. The van der Waals surface area contributed by atoms with Crippen LogP contribution >= 0.6 is 11.8 Å². The molecule has 0 radical (unpaired) electrons. The number of carbonyl (C=O) groups excluding carboxylic acids is 2. The highest BCUT2D eigenvalue weighted by Crippen LogP contribution is 2.08. The summed E-state index contributed by atoms with van der Waals surface area (Å²) < 4.78 is 0. The molecule has 16 heavy (non-hydrogen) atoms. The highest BCUT2D eigenvalue weighted by molar-refractivity contribution is 8.00. The molecule has 0 heterocycles. The molecule has 0 aromatic carbocycles. The van der Waals surface area contributed by atoms with E-state index in [0.29, 0.717) is 0 Å². The second kappa shape index (κ2) is 7.10. The van der Waals surface area contributed by atoms with E-state index >= 15 is 0 Å². The summed E-state index contributed by atoms with van der Waals surface area (Å²) in [5, 5.41) is 11.2. The number of aliphatic carboxylic acids is 1. The van der Waals surface area contributed by atoms with Gasteiger partial charge in [-0.2, -0.15) is 0 Å². The topological polar surface area (TPSA) is 109 Å². The third kappa shape index (κ3) is 7.10. The van der Waals surface area contributed by atoms with Crippen molar-refractivity contribution in [2.24, 2.45) is 5.73 Å². The van der Waals surface area contributed by atoms with Crippen molar-refractivity contribution >= 4 is 29.5 Å². The Labute approximate surface area is 98.0 Å². The molecule has 92 valence electrons. The van der Waals surface area contributed by atoms with E-state index in [0.717, 1.165) is 0 Å². The summed E-state index contributed by atoms with van der Waals surface area (Å²) in [7, 11) is 0. The van der Waals surface area contributed by atoms with Crippen molar-refractivity contribution in [3.05, 3.63) is 0 Å². The molecule has 0 fully saturated rings. The number of rotatable bonds is 7. The molecule has 0 aliphatic carbocycles. The Kier molecular flexibility index (Phi) is 6.55. The number of hydrogen-bond donors (Lipinski definition) is 3. The number of carboxylic acid groups (broad SMARTS) is 1. The Morgan fingerprint density at radius 2 is 1.94 bits per heavy atom. The van der Waals surface area contributed by atoms with E-state index in [2.05, 4.69) is 5.32 Å². The highest BCUT2D eigenvalue weighted by Gasteiger charge is 2.21. The third-order valence-electron chi connectivity index (χ3n) is 1.59. The number of nitrogens with one attached hydrogen (secondary N) is 1. The summed E-state index contributed by atoms with van der Waals surface area (Å²) >= 11 is 1.39. The molecule has 0 aromatic heterocycles. The fourth-order valence-corrected chi connectivity index (χ4v) is 1.45. The average Bonchev–Trinajstić information content (AvgIpc) is 2.12. The lowest BCUT2D eigenvalue weighted by molar-refractivity contribution is -0.143. The molecular formula is C9H16N2O4S. The molecule has 0 aliphatic heterocycles. The molecule has 0 saturated heterocycles. The van der Waals surface area contributed by atoms with Gasteiger partial charge in [0, 0.05) is 0 Å². The predicted molar refractivity (Wildman–Crippen MR) is 61.0 cm³/mol. The van der Waals surface area contributed by atoms with Crippen LogP contribution in [0.5, 0.6) is 0 Å². The van der Waals surface area contributed by atoms with Gasteiger partial charge in [-0.15, -0.1) is 11.8 Å². The molecule has 0 rings (SSSR count). The van der Waals surface area contributed by atoms with Crippen LogP contribution in [-0.2, 0) is 14.4 Å². The van der Waals surface area contributed by atoms with Crippen molar-refractivity contribution < 1.29 is 19.5 Å². The predicted octanol–water partition coefficient (Wildman–Crippen LogP) is -0.427. The van der Waals surface area contributed by atoms with Crippen molar-refractivity contribution in [2.45, 2.75) is 31.6 Å². The van der Waals surface area contributed by atoms with Crippen LogP contribution in [0, 0.1) is 0 Å². The van der Waals surface area contributed by atoms with Gasteiger partial charge in [0.05, 0.1) is 12.2 Å². The van der Waals surface area contributed by atoms with Crippen molar-refractivity contribution in [3.8, 4) is 0 Å². The Morgan fingerprint density at radius 3 is 2.31 bits per heavy atom. The Balaban J connectivity index is 4.13. The lowest BCUT2D eigenvalue weighted by atomic mass is 10.2. The first-order valence-corrected chi connectivity index (χ1v) is 5.80. The molecule has 0 spiro atoms. The minimum absolute atomic E-state index is 0.167. The zero-order valence-electron chi connectivity index (χ0n) is 9.23. The molecule has 0 unspecified atom stereocenters. The van der Waals surface area contributed by atoms with Crippen molar-refractivity contribution in [2.75, 3.05) is 5.75 Å². The minimum atomic E-state index is -1.26. The number of carboxylic acids is 1. The first-order valence-electron chi connectivity index (χ1n) is 4.75. The van der Waals surface area contributed by atoms with Crippen LogP contribution in [0.1, 0.15) is 20.3 Å². The van der Waals surface area contributed by atoms with E-state index in [1.807, 2.05) is 13.8 Å². The van der Waals surface area contributed by atoms with Crippen LogP contribution in [0.3, 0.4) is 0 Å². The first-order chi connectivity index (χ1) is 7.32. The van der Waals surface area contributed by atoms with Gasteiger partial charge in [0.25, 0.3) is 0 Å². The molecule has 7 heteroatoms. The Hall–Kier alpha value is -1.24. The summed E-state index contributed by atoms with van der Waals surface area (Å²) in [6.45, 7) is 3.85. The number of hydrogen-bond acceptors (Lipinski definition) is 4. The van der Waals surface area contributed by atoms with E-state index in [1.54, 1.807) is 0 Å². The molecule has 0 saturated carbocycles. The largest absolute Gasteiger partial charge is 0.480 e. The monoisotopic (exact) mass is 248 g/mol. The molecule has 0 aromatic rings. The summed E-state index contributed by atoms with van der Waals surface area (Å²) in [5.74, 6) is -2.27. The fraction of sp³-hybridized carbons (Fsp3) is 0.667. The van der Waals surface area contributed by atoms with E-state index in [-0.39, 0.29) is 11.0 Å². The number of primary amides is 1. The van der Waals surface area contributed by atoms with Crippen molar-refractivity contribution in [1.29, 1.82) is 0 Å². The highest BCUT2D eigenvalue weighted by atomic mass is 32.2. The van der Waals surface area contributed by atoms with E-state index < -0.39 is 30.2 Å². The van der Waals surface area contributed by atoms with E-state index in [4.69, 9.17) is 10.8 Å². The molecule has 1 atom stereocenters. The zero-order valence-corrected chi connectivity index (χ0v) is 10.0. The van der Waals surface area contributed by atoms with Gasteiger partial charge in [0.1, 0.15) is 6.04 Å². The van der Waals surface area contributed by atoms with Crippen LogP contribution in [0.4, 0.5) is 0 Å². The van der Waals surface area contributed by atoms with E-state index in [9.17, 15) is 14.4 Å². The van der Waals surface area contributed by atoms with Gasteiger partial charge in [-0.3, -0.25) is 9.59 Å². The van der Waals surface area contributed by atoms with E-state index in [1.165, 1.54) is 11.8 Å². The number of carbonyl (C=O) groups is 3. The average molecular weight is 248 g/mol. The SMILES string of the molecule is CC(C)SCC(=O)N[C@@H](CC(N)=O)C(=O)O. The van der Waals surface area contributed by atoms with Crippen LogP contribution in [0.25, 0.3) is 0 Å². The lowest BCUT2D eigenvalue weighted by Gasteiger charge is -2.13. The molecule has 4 N–H and O–H groups in total. The quantitative estimate of drug-likeness (QED) is 0.566. The van der Waals surface area contributed by atoms with Crippen LogP contribution in [-0.4, -0.2) is 39.9 Å². The van der Waals surface area contributed by atoms with Gasteiger partial charge in [-0.1, -0.05) is 13.8 Å². The van der Waals surface area contributed by atoms with Crippen molar-refractivity contribution in [1.82, 2.24) is 5.32 Å². The maximum atomic E-state index is 11.3. The van der Waals surface area contributed by atoms with Gasteiger partial charge >= 0.3 is 5.97 Å². The summed E-state index contributed by atoms with van der Waals surface area (Å²) in [4.78, 5) is 32.5. The Bertz CT molecular complexity index is 281. The molecule has 6 nitrogen and oxygen atoms in total. The summed E-state index contributed by atoms with van der Waals surface area (Å²) in [6, 6.07) is -1.24. The van der Waals surface area contributed by atoms with Gasteiger partial charge in [-0.25, -0.2) is 4.79 Å². The second-order valence-electron chi connectivity index (χ2n) is 3.49. The van der Waals surface area contributed by atoms with Crippen LogP contribution in [0.15, 0.2) is 0 Å². The standard InChI is InChI=1S/C9H16N2O4S/c1-5(2)16-4-8(13)11-6(9(14)15)3-7(10)12/h5-6H,3-4H2,1-2H3,(H2,10,12)(H,11,13)(H,14,15)/t6-/m0/s1. The minimum Gasteiger partial charge on any atom is -0.480 e. The maximum Gasteiger partial charge on any atom is 0.326 e. The number of amides is 2. The molecular weight excluding hydrogens is 232 g/mol. The van der Waals surface area contributed by atoms with Crippen molar-refractivity contribution in [3.63, 3.8) is 0 Å². The second-order valence-corrected chi connectivity index (χ2v) is 5.05. The molecule has 2 amide bonds. The van der Waals surface area contributed by atoms with Gasteiger partial charge in [-0.05, 0) is 5.25 Å².